The lowest BCUT2D eigenvalue weighted by molar-refractivity contribution is 0.155. The Morgan fingerprint density at radius 3 is 2.29 bits per heavy atom. The van der Waals surface area contributed by atoms with Crippen molar-refractivity contribution < 1.29 is 13.6 Å². The molecule has 0 atom stereocenters. The molecular formula is C20H26BrN3O4. The normalized spacial score (nSPS) is 12.1. The fourth-order valence-electron chi connectivity index (χ4n) is 3.46. The van der Waals surface area contributed by atoms with E-state index in [4.69, 9.17) is 13.6 Å². The summed E-state index contributed by atoms with van der Waals surface area (Å²) in [7, 11) is 0. The molecule has 28 heavy (non-hydrogen) atoms. The smallest absolute Gasteiger partial charge is 0.336 e. The summed E-state index contributed by atoms with van der Waals surface area (Å²) in [6.45, 7) is 8.99. The fraction of sp³-hybridized carbons (Fsp3) is 0.450. The molecule has 3 aromatic rings. The summed E-state index contributed by atoms with van der Waals surface area (Å²) in [5, 5.41) is 12.0. The van der Waals surface area contributed by atoms with E-state index in [1.807, 2.05) is 6.07 Å². The highest BCUT2D eigenvalue weighted by atomic mass is 79.9. The van der Waals surface area contributed by atoms with Gasteiger partial charge >= 0.3 is 5.63 Å². The van der Waals surface area contributed by atoms with Crippen molar-refractivity contribution in [3.63, 3.8) is 0 Å². The summed E-state index contributed by atoms with van der Waals surface area (Å²) in [4.78, 5) is 11.8. The molecule has 3 rings (SSSR count). The highest BCUT2D eigenvalue weighted by Gasteiger charge is 2.27. The molecule has 7 nitrogen and oxygen atoms in total. The summed E-state index contributed by atoms with van der Waals surface area (Å²) in [6.07, 6.45) is 2.25. The van der Waals surface area contributed by atoms with Gasteiger partial charge in [0.15, 0.2) is 11.2 Å². The second kappa shape index (κ2) is 9.09. The molecule has 2 heterocycles. The van der Waals surface area contributed by atoms with E-state index in [0.717, 1.165) is 34.9 Å². The second-order valence-electron chi connectivity index (χ2n) is 6.40. The predicted molar refractivity (Wildman–Crippen MR) is 114 cm³/mol. The van der Waals surface area contributed by atoms with Crippen molar-refractivity contribution in [2.24, 2.45) is 0 Å². The molecule has 0 radical (unpaired) electrons. The zero-order chi connectivity index (χ0) is 20.1. The van der Waals surface area contributed by atoms with E-state index in [-0.39, 0.29) is 0 Å². The summed E-state index contributed by atoms with van der Waals surface area (Å²) in [5.41, 5.74) is 0.495. The molecule has 0 aliphatic rings. The molecule has 0 saturated carbocycles. The minimum atomic E-state index is -0.438. The van der Waals surface area contributed by atoms with Gasteiger partial charge in [0.05, 0.1) is 12.9 Å². The number of furan rings is 1. The van der Waals surface area contributed by atoms with Crippen molar-refractivity contribution in [1.82, 2.24) is 16.0 Å². The van der Waals surface area contributed by atoms with Crippen molar-refractivity contribution in [2.45, 2.75) is 33.0 Å². The van der Waals surface area contributed by atoms with E-state index in [1.165, 1.54) is 6.07 Å². The van der Waals surface area contributed by atoms with Crippen molar-refractivity contribution in [3.05, 3.63) is 39.4 Å². The first-order chi connectivity index (χ1) is 13.5. The SMILES string of the molecule is CCNC(CCOc1c2occc2c(Br)c2ccc(=O)oc12)(NCC)NCC. The monoisotopic (exact) mass is 451 g/mol. The summed E-state index contributed by atoms with van der Waals surface area (Å²) < 4.78 is 18.0. The maximum Gasteiger partial charge on any atom is 0.336 e. The quantitative estimate of drug-likeness (QED) is 0.320. The van der Waals surface area contributed by atoms with E-state index in [9.17, 15) is 4.79 Å². The van der Waals surface area contributed by atoms with E-state index in [0.29, 0.717) is 29.9 Å². The zero-order valence-electron chi connectivity index (χ0n) is 16.4. The number of rotatable bonds is 10. The van der Waals surface area contributed by atoms with Crippen LogP contribution in [0, 0.1) is 0 Å². The lowest BCUT2D eigenvalue weighted by Gasteiger charge is -2.36. The maximum absolute atomic E-state index is 11.8. The van der Waals surface area contributed by atoms with Gasteiger partial charge < -0.3 is 13.6 Å². The Kier molecular flexibility index (Phi) is 6.77. The number of benzene rings is 1. The largest absolute Gasteiger partial charge is 0.486 e. The molecule has 152 valence electrons. The van der Waals surface area contributed by atoms with Crippen LogP contribution in [-0.4, -0.2) is 32.0 Å². The number of hydrogen-bond donors (Lipinski definition) is 3. The van der Waals surface area contributed by atoms with Crippen LogP contribution in [-0.2, 0) is 0 Å². The maximum atomic E-state index is 11.8. The first-order valence-corrected chi connectivity index (χ1v) is 10.3. The highest BCUT2D eigenvalue weighted by molar-refractivity contribution is 9.10. The molecule has 0 saturated heterocycles. The average molecular weight is 452 g/mol. The molecule has 2 aromatic heterocycles. The highest BCUT2D eigenvalue weighted by Crippen LogP contribution is 2.41. The zero-order valence-corrected chi connectivity index (χ0v) is 17.9. The van der Waals surface area contributed by atoms with Gasteiger partial charge in [-0.3, -0.25) is 16.0 Å². The second-order valence-corrected chi connectivity index (χ2v) is 7.19. The average Bonchev–Trinajstić information content (AvgIpc) is 3.15. The van der Waals surface area contributed by atoms with Crippen molar-refractivity contribution in [2.75, 3.05) is 26.2 Å². The van der Waals surface area contributed by atoms with Crippen LogP contribution in [0.15, 0.2) is 42.6 Å². The minimum absolute atomic E-state index is 0.378. The third kappa shape index (κ3) is 4.10. The van der Waals surface area contributed by atoms with Crippen LogP contribution < -0.4 is 26.3 Å². The number of hydrogen-bond acceptors (Lipinski definition) is 7. The van der Waals surface area contributed by atoms with E-state index < -0.39 is 11.4 Å². The van der Waals surface area contributed by atoms with Gasteiger partial charge in [-0.1, -0.05) is 20.8 Å². The van der Waals surface area contributed by atoms with Gasteiger partial charge in [0.25, 0.3) is 0 Å². The molecule has 0 amide bonds. The topological polar surface area (TPSA) is 88.7 Å². The molecule has 0 aliphatic heterocycles. The Hall–Kier alpha value is -1.87. The van der Waals surface area contributed by atoms with Gasteiger partial charge in [0, 0.05) is 27.7 Å². The van der Waals surface area contributed by atoms with E-state index in [2.05, 4.69) is 52.7 Å². The van der Waals surface area contributed by atoms with E-state index in [1.54, 1.807) is 12.3 Å². The minimum Gasteiger partial charge on any atom is -0.486 e. The van der Waals surface area contributed by atoms with Gasteiger partial charge in [-0.25, -0.2) is 4.79 Å². The van der Waals surface area contributed by atoms with Crippen LogP contribution in [0.1, 0.15) is 27.2 Å². The Bertz CT molecular complexity index is 981. The van der Waals surface area contributed by atoms with Crippen molar-refractivity contribution in [3.8, 4) is 5.75 Å². The molecule has 0 spiro atoms. The summed E-state index contributed by atoms with van der Waals surface area (Å²) in [6, 6.07) is 4.98. The molecule has 3 N–H and O–H groups in total. The lowest BCUT2D eigenvalue weighted by Crippen LogP contribution is -2.66. The Balaban J connectivity index is 1.95. The first-order valence-electron chi connectivity index (χ1n) is 9.55. The predicted octanol–water partition coefficient (Wildman–Crippen LogP) is 3.55. The van der Waals surface area contributed by atoms with Crippen LogP contribution in [0.3, 0.4) is 0 Å². The molecular weight excluding hydrogens is 426 g/mol. The summed E-state index contributed by atoms with van der Waals surface area (Å²) in [5.74, 6) is 0.00120. The van der Waals surface area contributed by atoms with Crippen LogP contribution >= 0.6 is 15.9 Å². The Labute approximate surface area is 171 Å². The van der Waals surface area contributed by atoms with E-state index >= 15 is 0 Å². The van der Waals surface area contributed by atoms with Gasteiger partial charge in [-0.2, -0.15) is 0 Å². The number of fused-ring (bicyclic) bond motifs is 2. The van der Waals surface area contributed by atoms with Gasteiger partial charge in [0.1, 0.15) is 5.79 Å². The van der Waals surface area contributed by atoms with Gasteiger partial charge in [-0.05, 0) is 47.7 Å². The molecule has 0 bridgehead atoms. The molecule has 0 aliphatic carbocycles. The first kappa shape index (κ1) is 20.9. The van der Waals surface area contributed by atoms with Crippen LogP contribution in [0.25, 0.3) is 21.9 Å². The number of ether oxygens (including phenoxy) is 1. The number of nitrogens with one attached hydrogen (secondary N) is 3. The third-order valence-electron chi connectivity index (χ3n) is 4.54. The molecule has 8 heteroatoms. The molecule has 1 aromatic carbocycles. The Morgan fingerprint density at radius 1 is 1.00 bits per heavy atom. The standard InChI is InChI=1S/C20H26BrN3O4/c1-4-22-20(23-5-2,24-6-3)10-12-27-19-17-14(9-11-26-17)16(21)13-7-8-15(25)28-18(13)19/h7-9,11,22-24H,4-6,10,12H2,1-3H3. The fourth-order valence-corrected chi connectivity index (χ4v) is 4.08. The van der Waals surface area contributed by atoms with Gasteiger partial charge in [-0.15, -0.1) is 0 Å². The Morgan fingerprint density at radius 2 is 1.64 bits per heavy atom. The molecule has 0 unspecified atom stereocenters. The van der Waals surface area contributed by atoms with Crippen LogP contribution in [0.4, 0.5) is 0 Å². The van der Waals surface area contributed by atoms with Crippen LogP contribution in [0.5, 0.6) is 5.75 Å². The lowest BCUT2D eigenvalue weighted by atomic mass is 10.1. The van der Waals surface area contributed by atoms with Crippen molar-refractivity contribution in [1.29, 1.82) is 0 Å². The third-order valence-corrected chi connectivity index (χ3v) is 5.40. The summed E-state index contributed by atoms with van der Waals surface area (Å²) >= 11 is 3.57. The van der Waals surface area contributed by atoms with Gasteiger partial charge in [0.2, 0.25) is 5.75 Å². The molecule has 0 fully saturated rings. The number of halogens is 1. The van der Waals surface area contributed by atoms with Crippen LogP contribution in [0.2, 0.25) is 0 Å². The van der Waals surface area contributed by atoms with Crippen molar-refractivity contribution >= 4 is 37.9 Å².